The van der Waals surface area contributed by atoms with Crippen LogP contribution in [0.25, 0.3) is 0 Å². The molecule has 0 amide bonds. The largest absolute Gasteiger partial charge is 0.384 e. The molecule has 1 unspecified atom stereocenters. The summed E-state index contributed by atoms with van der Waals surface area (Å²) in [5.41, 5.74) is 5.45. The zero-order valence-electron chi connectivity index (χ0n) is 22.0. The van der Waals surface area contributed by atoms with E-state index in [-0.39, 0.29) is 4.90 Å². The Hall–Kier alpha value is -1.25. The van der Waals surface area contributed by atoms with Gasteiger partial charge in [-0.25, -0.2) is 4.98 Å². The molecular weight excluding hydrogens is 174 g/mol. The first-order chi connectivity index (χ1) is 12.6. The van der Waals surface area contributed by atoms with Gasteiger partial charge in [0, 0.05) is 29.4 Å². The smallest absolute Gasteiger partial charge is 0.130 e. The SMILES string of the molecule is [2H]c1c(N)nc(N2C([2H])([2H])C([2H])([2H])C([2H])([2H])C([2H])(C([2H])([2H])[2H])C2([2H])[2H])c([2H])c1[2H]. The minimum absolute atomic E-state index is 0.267. The van der Waals surface area contributed by atoms with Crippen molar-refractivity contribution in [2.75, 3.05) is 23.6 Å². The van der Waals surface area contributed by atoms with Crippen LogP contribution in [0.15, 0.2) is 18.1 Å². The second kappa shape index (κ2) is 3.86. The van der Waals surface area contributed by atoms with Crippen molar-refractivity contribution in [2.45, 2.75) is 19.6 Å². The molecule has 3 nitrogen and oxygen atoms in total. The highest BCUT2D eigenvalue weighted by Gasteiger charge is 2.17. The number of nitrogen functional groups attached to an aromatic ring is 1. The summed E-state index contributed by atoms with van der Waals surface area (Å²) < 4.78 is 119. The summed E-state index contributed by atoms with van der Waals surface area (Å²) in [7, 11) is 0. The summed E-state index contributed by atoms with van der Waals surface area (Å²) in [4.78, 5) is 3.21. The maximum absolute atomic E-state index is 8.24. The molecule has 2 heterocycles. The van der Waals surface area contributed by atoms with Crippen LogP contribution in [0.4, 0.5) is 11.6 Å². The molecule has 0 aromatic carbocycles. The fraction of sp³-hybridized carbons (Fsp3) is 0.545. The predicted molar refractivity (Wildman–Crippen MR) is 59.3 cm³/mol. The van der Waals surface area contributed by atoms with E-state index < -0.39 is 68.2 Å². The van der Waals surface area contributed by atoms with Crippen LogP contribution in [0.3, 0.4) is 0 Å². The Kier molecular flexibility index (Phi) is 0.588. The zero-order valence-corrected chi connectivity index (χ0v) is 6.97. The first-order valence-corrected chi connectivity index (χ1v) is 3.66. The van der Waals surface area contributed by atoms with Crippen molar-refractivity contribution in [3.05, 3.63) is 18.1 Å². The molecule has 2 N–H and O–H groups in total. The van der Waals surface area contributed by atoms with Gasteiger partial charge < -0.3 is 10.6 Å². The number of aromatic nitrogens is 1. The van der Waals surface area contributed by atoms with Crippen LogP contribution in [0.1, 0.15) is 40.2 Å². The lowest BCUT2D eigenvalue weighted by atomic mass is 10.0. The van der Waals surface area contributed by atoms with E-state index in [9.17, 15) is 0 Å². The number of nitrogens with zero attached hydrogens (tertiary/aromatic N) is 2. The molecule has 0 aliphatic carbocycles. The topological polar surface area (TPSA) is 42.1 Å². The van der Waals surface area contributed by atoms with Crippen molar-refractivity contribution in [3.63, 3.8) is 0 Å². The van der Waals surface area contributed by atoms with Gasteiger partial charge in [-0.2, -0.15) is 0 Å². The first-order valence-electron chi connectivity index (χ1n) is 11.2. The Labute approximate surface area is 106 Å². The van der Waals surface area contributed by atoms with Gasteiger partial charge in [0.1, 0.15) is 11.6 Å². The van der Waals surface area contributed by atoms with Crippen LogP contribution in [0, 0.1) is 5.89 Å². The van der Waals surface area contributed by atoms with Crippen molar-refractivity contribution in [3.8, 4) is 0 Å². The number of nitrogens with two attached hydrogens (primary N) is 1. The lowest BCUT2D eigenvalue weighted by Crippen LogP contribution is -2.34. The lowest BCUT2D eigenvalue weighted by Gasteiger charge is -2.31. The number of hydrogen-bond donors (Lipinski definition) is 1. The number of rotatable bonds is 1. The van der Waals surface area contributed by atoms with Gasteiger partial charge >= 0.3 is 0 Å². The molecule has 0 saturated carbocycles. The number of hydrogen-bond acceptors (Lipinski definition) is 3. The Morgan fingerprint density at radius 2 is 2.79 bits per heavy atom. The second-order valence-electron chi connectivity index (χ2n) is 2.38. The molecule has 0 bridgehead atoms. The minimum Gasteiger partial charge on any atom is -0.384 e. The molecule has 1 fully saturated rings. The fourth-order valence-corrected chi connectivity index (χ4v) is 0.847. The first kappa shape index (κ1) is 2.13. The Morgan fingerprint density at radius 1 is 1.86 bits per heavy atom. The van der Waals surface area contributed by atoms with Crippen molar-refractivity contribution in [1.29, 1.82) is 0 Å². The summed E-state index contributed by atoms with van der Waals surface area (Å²) in [6.07, 6.45) is -7.69. The summed E-state index contributed by atoms with van der Waals surface area (Å²) in [6, 6.07) is -2.73. The predicted octanol–water partition coefficient (Wildman–Crippen LogP) is 1.90. The standard InChI is InChI=1S/C11H17N3/c1-9-4-3-7-14(8-9)11-6-2-5-10(12)13-11/h2,5-6,9H,3-4,7-8H2,1H3,(H2,12,13)/i1D3,2D,3D2,4D2,5D,6D,7D2,8D2,9D. The maximum atomic E-state index is 8.24. The molecule has 14 heavy (non-hydrogen) atoms. The van der Waals surface area contributed by atoms with Gasteiger partial charge in [-0.05, 0) is 30.7 Å². The van der Waals surface area contributed by atoms with Crippen LogP contribution >= 0.6 is 0 Å². The molecule has 0 spiro atoms. The Balaban J connectivity index is 3.04. The van der Waals surface area contributed by atoms with E-state index in [2.05, 4.69) is 4.98 Å². The zero-order chi connectivity index (χ0) is 23.2. The van der Waals surface area contributed by atoms with Gasteiger partial charge in [-0.1, -0.05) is 12.9 Å². The van der Waals surface area contributed by atoms with Gasteiger partial charge in [0.2, 0.25) is 0 Å². The fourth-order valence-electron chi connectivity index (χ4n) is 0.847. The normalized spacial score (nSPS) is 58.6. The van der Waals surface area contributed by atoms with Crippen molar-refractivity contribution in [1.82, 2.24) is 4.98 Å². The number of pyridine rings is 1. The molecule has 0 radical (unpaired) electrons. The van der Waals surface area contributed by atoms with Crippen LogP contribution in [0.5, 0.6) is 0 Å². The Bertz CT molecular complexity index is 847. The van der Waals surface area contributed by atoms with Crippen molar-refractivity contribution < 1.29 is 20.6 Å². The molecule has 2 rings (SSSR count). The highest BCUT2D eigenvalue weighted by molar-refractivity contribution is 5.45. The Morgan fingerprint density at radius 3 is 3.64 bits per heavy atom. The highest BCUT2D eigenvalue weighted by Crippen LogP contribution is 2.21. The van der Waals surface area contributed by atoms with Crippen LogP contribution in [-0.2, 0) is 0 Å². The van der Waals surface area contributed by atoms with Gasteiger partial charge in [-0.15, -0.1) is 0 Å². The molecule has 3 heteroatoms. The molecule has 1 saturated heterocycles. The average Bonchev–Trinajstić information content (AvgIpc) is 2.53. The van der Waals surface area contributed by atoms with Crippen molar-refractivity contribution >= 4 is 11.6 Å². The number of anilines is 2. The summed E-state index contributed by atoms with van der Waals surface area (Å²) in [5.74, 6) is -5.77. The van der Waals surface area contributed by atoms with E-state index in [1.54, 1.807) is 0 Å². The van der Waals surface area contributed by atoms with Gasteiger partial charge in [-0.3, -0.25) is 0 Å². The molecular formula is C11H17N3. The van der Waals surface area contributed by atoms with E-state index in [0.29, 0.717) is 0 Å². The lowest BCUT2D eigenvalue weighted by molar-refractivity contribution is 0.444. The summed E-state index contributed by atoms with van der Waals surface area (Å²) >= 11 is 0. The molecule has 1 atom stereocenters. The third-order valence-electron chi connectivity index (χ3n) is 1.38. The molecule has 1 aliphatic rings. The molecule has 76 valence electrons. The second-order valence-corrected chi connectivity index (χ2v) is 2.38. The van der Waals surface area contributed by atoms with E-state index >= 15 is 0 Å². The monoisotopic (exact) mass is 206 g/mol. The van der Waals surface area contributed by atoms with Gasteiger partial charge in [0.05, 0.1) is 4.11 Å². The molecule has 1 aliphatic heterocycles. The van der Waals surface area contributed by atoms with Crippen LogP contribution < -0.4 is 10.6 Å². The maximum Gasteiger partial charge on any atom is 0.130 e. The van der Waals surface area contributed by atoms with E-state index in [1.807, 2.05) is 0 Å². The molecule has 1 aromatic rings. The van der Waals surface area contributed by atoms with E-state index in [4.69, 9.17) is 26.3 Å². The average molecular weight is 206 g/mol. The van der Waals surface area contributed by atoms with Crippen molar-refractivity contribution in [2.24, 2.45) is 5.89 Å². The minimum atomic E-state index is -3.90. The third-order valence-corrected chi connectivity index (χ3v) is 1.38. The number of piperidine rings is 1. The van der Waals surface area contributed by atoms with E-state index in [0.717, 1.165) is 0 Å². The van der Waals surface area contributed by atoms with Gasteiger partial charge in [0.25, 0.3) is 0 Å². The van der Waals surface area contributed by atoms with Crippen LogP contribution in [0.2, 0.25) is 0 Å². The summed E-state index contributed by atoms with van der Waals surface area (Å²) in [5, 5.41) is 0. The van der Waals surface area contributed by atoms with Crippen LogP contribution in [-0.4, -0.2) is 18.0 Å². The van der Waals surface area contributed by atoms with Gasteiger partial charge in [0.15, 0.2) is 0 Å². The van der Waals surface area contributed by atoms with E-state index in [1.165, 1.54) is 0 Å². The quantitative estimate of drug-likeness (QED) is 0.763. The third kappa shape index (κ3) is 1.97. The summed E-state index contributed by atoms with van der Waals surface area (Å²) in [6.45, 7) is -11.3. The molecule has 1 aromatic heterocycles. The highest BCUT2D eigenvalue weighted by atomic mass is 15.2.